The minimum absolute atomic E-state index is 0.0732. The minimum Gasteiger partial charge on any atom is -0.488 e. The average Bonchev–Trinajstić information content (AvgIpc) is 2.12. The number of benzene rings is 1. The molecule has 1 atom stereocenters. The molecule has 0 amide bonds. The number of halogens is 1. The van der Waals surface area contributed by atoms with Crippen LogP contribution in [0.5, 0.6) is 5.75 Å². The van der Waals surface area contributed by atoms with Crippen LogP contribution in [0.3, 0.4) is 0 Å². The van der Waals surface area contributed by atoms with Crippen molar-refractivity contribution in [3.05, 3.63) is 24.0 Å². The molecule has 78 valence electrons. The zero-order valence-corrected chi connectivity index (χ0v) is 8.59. The summed E-state index contributed by atoms with van der Waals surface area (Å²) in [5, 5.41) is 0. The monoisotopic (exact) mass is 197 g/mol. The Morgan fingerprint density at radius 1 is 1.50 bits per heavy atom. The lowest BCUT2D eigenvalue weighted by Gasteiger charge is -2.15. The van der Waals surface area contributed by atoms with E-state index < -0.39 is 0 Å². The zero-order valence-electron chi connectivity index (χ0n) is 8.59. The van der Waals surface area contributed by atoms with Gasteiger partial charge in [0.1, 0.15) is 11.6 Å². The third-order valence-corrected chi connectivity index (χ3v) is 2.00. The summed E-state index contributed by atoms with van der Waals surface area (Å²) in [6, 6.07) is 4.16. The van der Waals surface area contributed by atoms with Crippen molar-refractivity contribution in [3.8, 4) is 5.75 Å². The summed E-state index contributed by atoms with van der Waals surface area (Å²) in [5.41, 5.74) is 6.12. The molecule has 14 heavy (non-hydrogen) atoms. The van der Waals surface area contributed by atoms with Gasteiger partial charge in [-0.2, -0.15) is 0 Å². The van der Waals surface area contributed by atoms with E-state index in [2.05, 4.69) is 6.92 Å². The zero-order chi connectivity index (χ0) is 10.6. The SMILES string of the molecule is CCCC(C)Oc1cc(F)ccc1N. The Labute approximate surface area is 83.9 Å². The van der Waals surface area contributed by atoms with Gasteiger partial charge in [0.15, 0.2) is 0 Å². The van der Waals surface area contributed by atoms with Gasteiger partial charge in [-0.1, -0.05) is 13.3 Å². The van der Waals surface area contributed by atoms with Gasteiger partial charge in [-0.05, 0) is 25.5 Å². The molecule has 0 radical (unpaired) electrons. The Morgan fingerprint density at radius 3 is 2.86 bits per heavy atom. The van der Waals surface area contributed by atoms with E-state index in [1.165, 1.54) is 18.2 Å². The summed E-state index contributed by atoms with van der Waals surface area (Å²) in [7, 11) is 0. The summed E-state index contributed by atoms with van der Waals surface area (Å²) in [5.74, 6) is 0.115. The van der Waals surface area contributed by atoms with Crippen molar-refractivity contribution >= 4 is 5.69 Å². The first kappa shape index (κ1) is 10.8. The molecule has 0 saturated heterocycles. The maximum atomic E-state index is 12.8. The van der Waals surface area contributed by atoms with E-state index in [1.807, 2.05) is 6.92 Å². The number of anilines is 1. The molecule has 2 N–H and O–H groups in total. The highest BCUT2D eigenvalue weighted by atomic mass is 19.1. The number of nitrogens with two attached hydrogens (primary N) is 1. The Hall–Kier alpha value is -1.25. The van der Waals surface area contributed by atoms with E-state index in [0.29, 0.717) is 11.4 Å². The summed E-state index contributed by atoms with van der Waals surface area (Å²) in [6.45, 7) is 4.03. The molecule has 2 nitrogen and oxygen atoms in total. The first-order valence-corrected chi connectivity index (χ1v) is 4.85. The molecule has 0 heterocycles. The molecule has 0 aliphatic rings. The Balaban J connectivity index is 2.70. The van der Waals surface area contributed by atoms with E-state index in [9.17, 15) is 4.39 Å². The Bertz CT molecular complexity index is 301. The second-order valence-corrected chi connectivity index (χ2v) is 3.40. The molecule has 0 aromatic heterocycles. The lowest BCUT2D eigenvalue weighted by molar-refractivity contribution is 0.210. The number of hydrogen-bond donors (Lipinski definition) is 1. The van der Waals surface area contributed by atoms with Crippen molar-refractivity contribution in [1.29, 1.82) is 0 Å². The van der Waals surface area contributed by atoms with E-state index in [1.54, 1.807) is 0 Å². The van der Waals surface area contributed by atoms with Gasteiger partial charge in [-0.25, -0.2) is 4.39 Å². The maximum Gasteiger partial charge on any atom is 0.145 e. The van der Waals surface area contributed by atoms with Crippen LogP contribution in [0.1, 0.15) is 26.7 Å². The number of ether oxygens (including phenoxy) is 1. The lowest BCUT2D eigenvalue weighted by Crippen LogP contribution is -2.12. The summed E-state index contributed by atoms with van der Waals surface area (Å²) >= 11 is 0. The van der Waals surface area contributed by atoms with Crippen LogP contribution in [-0.4, -0.2) is 6.10 Å². The molecule has 1 unspecified atom stereocenters. The summed E-state index contributed by atoms with van der Waals surface area (Å²) < 4.78 is 18.3. The van der Waals surface area contributed by atoms with Crippen LogP contribution in [0.25, 0.3) is 0 Å². The van der Waals surface area contributed by atoms with Crippen LogP contribution in [0.15, 0.2) is 18.2 Å². The quantitative estimate of drug-likeness (QED) is 0.753. The van der Waals surface area contributed by atoms with Crippen molar-refractivity contribution < 1.29 is 9.13 Å². The highest BCUT2D eigenvalue weighted by molar-refractivity contribution is 5.52. The van der Waals surface area contributed by atoms with Crippen molar-refractivity contribution in [2.24, 2.45) is 0 Å². The number of nitrogen functional groups attached to an aromatic ring is 1. The van der Waals surface area contributed by atoms with Crippen molar-refractivity contribution in [2.75, 3.05) is 5.73 Å². The van der Waals surface area contributed by atoms with E-state index in [-0.39, 0.29) is 11.9 Å². The molecule has 0 aliphatic heterocycles. The third kappa shape index (κ3) is 2.91. The lowest BCUT2D eigenvalue weighted by atomic mass is 10.2. The van der Waals surface area contributed by atoms with Gasteiger partial charge in [0, 0.05) is 6.07 Å². The van der Waals surface area contributed by atoms with Crippen LogP contribution >= 0.6 is 0 Å². The van der Waals surface area contributed by atoms with E-state index >= 15 is 0 Å². The molecule has 0 bridgehead atoms. The predicted molar refractivity (Wildman–Crippen MR) is 55.8 cm³/mol. The molecule has 0 fully saturated rings. The Kier molecular flexibility index (Phi) is 3.74. The standard InChI is InChI=1S/C11H16FNO/c1-3-4-8(2)14-11-7-9(12)5-6-10(11)13/h5-8H,3-4,13H2,1-2H3. The predicted octanol–water partition coefficient (Wildman–Crippen LogP) is 2.98. The molecule has 1 aromatic rings. The van der Waals surface area contributed by atoms with Gasteiger partial charge in [-0.3, -0.25) is 0 Å². The van der Waals surface area contributed by atoms with Crippen LogP contribution in [0.4, 0.5) is 10.1 Å². The summed E-state index contributed by atoms with van der Waals surface area (Å²) in [4.78, 5) is 0. The molecule has 1 rings (SSSR count). The van der Waals surface area contributed by atoms with E-state index in [4.69, 9.17) is 10.5 Å². The summed E-state index contributed by atoms with van der Waals surface area (Å²) in [6.07, 6.45) is 2.05. The van der Waals surface area contributed by atoms with Crippen molar-refractivity contribution in [3.63, 3.8) is 0 Å². The maximum absolute atomic E-state index is 12.8. The fraction of sp³-hybridized carbons (Fsp3) is 0.455. The van der Waals surface area contributed by atoms with Gasteiger partial charge in [0.2, 0.25) is 0 Å². The second kappa shape index (κ2) is 4.84. The van der Waals surface area contributed by atoms with Crippen molar-refractivity contribution in [2.45, 2.75) is 32.8 Å². The smallest absolute Gasteiger partial charge is 0.145 e. The molecular formula is C11H16FNO. The normalized spacial score (nSPS) is 12.5. The number of hydrogen-bond acceptors (Lipinski definition) is 2. The fourth-order valence-corrected chi connectivity index (χ4v) is 1.29. The van der Waals surface area contributed by atoms with Crippen LogP contribution < -0.4 is 10.5 Å². The first-order chi connectivity index (χ1) is 6.63. The molecule has 1 aromatic carbocycles. The largest absolute Gasteiger partial charge is 0.488 e. The van der Waals surface area contributed by atoms with Crippen molar-refractivity contribution in [1.82, 2.24) is 0 Å². The highest BCUT2D eigenvalue weighted by Crippen LogP contribution is 2.23. The molecule has 3 heteroatoms. The fourth-order valence-electron chi connectivity index (χ4n) is 1.29. The van der Waals surface area contributed by atoms with Gasteiger partial charge in [0.05, 0.1) is 11.8 Å². The number of rotatable bonds is 4. The molecule has 0 saturated carbocycles. The van der Waals surface area contributed by atoms with Crippen LogP contribution in [0, 0.1) is 5.82 Å². The van der Waals surface area contributed by atoms with Gasteiger partial charge >= 0.3 is 0 Å². The molecule has 0 aliphatic carbocycles. The third-order valence-electron chi connectivity index (χ3n) is 2.00. The molecular weight excluding hydrogens is 181 g/mol. The molecule has 0 spiro atoms. The topological polar surface area (TPSA) is 35.2 Å². The van der Waals surface area contributed by atoms with Gasteiger partial charge in [0.25, 0.3) is 0 Å². The van der Waals surface area contributed by atoms with Crippen LogP contribution in [-0.2, 0) is 0 Å². The highest BCUT2D eigenvalue weighted by Gasteiger charge is 2.06. The first-order valence-electron chi connectivity index (χ1n) is 4.85. The van der Waals surface area contributed by atoms with Gasteiger partial charge in [-0.15, -0.1) is 0 Å². The van der Waals surface area contributed by atoms with Crippen LogP contribution in [0.2, 0.25) is 0 Å². The second-order valence-electron chi connectivity index (χ2n) is 3.40. The Morgan fingerprint density at radius 2 is 2.21 bits per heavy atom. The average molecular weight is 197 g/mol. The van der Waals surface area contributed by atoms with E-state index in [0.717, 1.165) is 12.8 Å². The minimum atomic E-state index is -0.321. The van der Waals surface area contributed by atoms with Gasteiger partial charge < -0.3 is 10.5 Å².